The highest BCUT2D eigenvalue weighted by Crippen LogP contribution is 2.23. The van der Waals surface area contributed by atoms with Crippen LogP contribution in [0.4, 0.5) is 0 Å². The van der Waals surface area contributed by atoms with E-state index in [2.05, 4.69) is 24.3 Å². The molecule has 1 heteroatoms. The first kappa shape index (κ1) is 11.1. The molecule has 2 aliphatic carbocycles. The molecule has 2 aliphatic rings. The minimum atomic E-state index is 0.114. The zero-order chi connectivity index (χ0) is 11.2. The molecule has 0 spiro atoms. The number of allylic oxidation sites excluding steroid dienone is 8. The SMILES string of the molecule is O=C(C1C=CC=CCC1)C1C=CC=CCC1. The molecule has 1 nitrogen and oxygen atoms in total. The summed E-state index contributed by atoms with van der Waals surface area (Å²) < 4.78 is 0. The second-order valence-corrected chi connectivity index (χ2v) is 4.40. The van der Waals surface area contributed by atoms with Gasteiger partial charge in [0, 0.05) is 11.8 Å². The predicted molar refractivity (Wildman–Crippen MR) is 67.0 cm³/mol. The maximum atomic E-state index is 12.3. The first-order valence-corrected chi connectivity index (χ1v) is 6.08. The smallest absolute Gasteiger partial charge is 0.146 e. The number of Topliss-reactive ketones (excluding diaryl/α,β-unsaturated/α-hetero) is 1. The summed E-state index contributed by atoms with van der Waals surface area (Å²) in [5.41, 5.74) is 0. The van der Waals surface area contributed by atoms with Crippen molar-refractivity contribution in [3.63, 3.8) is 0 Å². The summed E-state index contributed by atoms with van der Waals surface area (Å²) in [6.45, 7) is 0. The van der Waals surface area contributed by atoms with Crippen molar-refractivity contribution in [1.82, 2.24) is 0 Å². The highest BCUT2D eigenvalue weighted by Gasteiger charge is 2.22. The summed E-state index contributed by atoms with van der Waals surface area (Å²) in [5, 5.41) is 0. The van der Waals surface area contributed by atoms with Gasteiger partial charge in [0.05, 0.1) is 0 Å². The van der Waals surface area contributed by atoms with E-state index in [9.17, 15) is 4.79 Å². The predicted octanol–water partition coefficient (Wildman–Crippen LogP) is 3.60. The lowest BCUT2D eigenvalue weighted by atomic mass is 9.87. The van der Waals surface area contributed by atoms with Gasteiger partial charge < -0.3 is 0 Å². The molecule has 84 valence electrons. The van der Waals surface area contributed by atoms with Crippen molar-refractivity contribution in [2.24, 2.45) is 11.8 Å². The summed E-state index contributed by atoms with van der Waals surface area (Å²) >= 11 is 0. The third-order valence-corrected chi connectivity index (χ3v) is 3.20. The number of carbonyl (C=O) groups excluding carboxylic acids is 1. The van der Waals surface area contributed by atoms with E-state index in [0.29, 0.717) is 5.78 Å². The molecular weight excluding hydrogens is 196 g/mol. The number of ketones is 1. The molecule has 0 aromatic rings. The minimum absolute atomic E-state index is 0.114. The van der Waals surface area contributed by atoms with E-state index in [4.69, 9.17) is 0 Å². The van der Waals surface area contributed by atoms with Crippen molar-refractivity contribution >= 4 is 5.78 Å². The summed E-state index contributed by atoms with van der Waals surface area (Å²) in [6.07, 6.45) is 20.4. The summed E-state index contributed by atoms with van der Waals surface area (Å²) in [7, 11) is 0. The Kier molecular flexibility index (Phi) is 3.92. The van der Waals surface area contributed by atoms with E-state index in [0.717, 1.165) is 25.7 Å². The van der Waals surface area contributed by atoms with Crippen LogP contribution in [0.25, 0.3) is 0 Å². The van der Waals surface area contributed by atoms with Gasteiger partial charge in [0.1, 0.15) is 5.78 Å². The highest BCUT2D eigenvalue weighted by atomic mass is 16.1. The molecule has 2 atom stereocenters. The lowest BCUT2D eigenvalue weighted by Crippen LogP contribution is -2.20. The highest BCUT2D eigenvalue weighted by molar-refractivity contribution is 5.86. The standard InChI is InChI=1S/C15H18O/c16-15(13-9-5-1-2-6-10-13)14-11-7-3-4-8-12-14/h1-5,7,9,11,13-14H,6,8,10,12H2. The number of rotatable bonds is 2. The Hall–Kier alpha value is -1.37. The van der Waals surface area contributed by atoms with Gasteiger partial charge in [0.15, 0.2) is 0 Å². The van der Waals surface area contributed by atoms with Gasteiger partial charge in [0.2, 0.25) is 0 Å². The first-order chi connectivity index (χ1) is 7.88. The van der Waals surface area contributed by atoms with E-state index >= 15 is 0 Å². The van der Waals surface area contributed by atoms with Gasteiger partial charge in [-0.25, -0.2) is 0 Å². The average Bonchev–Trinajstić information content (AvgIpc) is 2.73. The van der Waals surface area contributed by atoms with Crippen molar-refractivity contribution in [3.8, 4) is 0 Å². The lowest BCUT2D eigenvalue weighted by Gasteiger charge is -2.15. The second kappa shape index (κ2) is 5.64. The Morgan fingerprint density at radius 3 is 1.81 bits per heavy atom. The molecular formula is C15H18O. The molecule has 0 heterocycles. The van der Waals surface area contributed by atoms with Gasteiger partial charge in [-0.3, -0.25) is 4.79 Å². The molecule has 0 saturated heterocycles. The fourth-order valence-electron chi connectivity index (χ4n) is 2.24. The van der Waals surface area contributed by atoms with Gasteiger partial charge in [-0.2, -0.15) is 0 Å². The molecule has 0 amide bonds. The van der Waals surface area contributed by atoms with Crippen LogP contribution in [0.1, 0.15) is 25.7 Å². The molecule has 0 radical (unpaired) electrons. The third kappa shape index (κ3) is 2.82. The van der Waals surface area contributed by atoms with Crippen molar-refractivity contribution in [2.45, 2.75) is 25.7 Å². The van der Waals surface area contributed by atoms with E-state index in [-0.39, 0.29) is 11.8 Å². The Morgan fingerprint density at radius 1 is 0.812 bits per heavy atom. The van der Waals surface area contributed by atoms with Crippen LogP contribution in [0.5, 0.6) is 0 Å². The van der Waals surface area contributed by atoms with Crippen LogP contribution in [-0.4, -0.2) is 5.78 Å². The Bertz CT molecular complexity index is 324. The van der Waals surface area contributed by atoms with E-state index in [1.807, 2.05) is 24.3 Å². The molecule has 0 bridgehead atoms. The molecule has 0 N–H and O–H groups in total. The van der Waals surface area contributed by atoms with Gasteiger partial charge in [-0.15, -0.1) is 0 Å². The molecule has 2 rings (SSSR count). The number of hydrogen-bond acceptors (Lipinski definition) is 1. The van der Waals surface area contributed by atoms with Crippen LogP contribution in [0.2, 0.25) is 0 Å². The van der Waals surface area contributed by atoms with Crippen LogP contribution in [0.15, 0.2) is 48.6 Å². The first-order valence-electron chi connectivity index (χ1n) is 6.08. The number of hydrogen-bond donors (Lipinski definition) is 0. The minimum Gasteiger partial charge on any atom is -0.298 e. The fraction of sp³-hybridized carbons (Fsp3) is 0.400. The third-order valence-electron chi connectivity index (χ3n) is 3.20. The Labute approximate surface area is 97.2 Å². The van der Waals surface area contributed by atoms with Crippen molar-refractivity contribution in [3.05, 3.63) is 48.6 Å². The molecule has 0 fully saturated rings. The van der Waals surface area contributed by atoms with Crippen molar-refractivity contribution in [2.75, 3.05) is 0 Å². The summed E-state index contributed by atoms with van der Waals surface area (Å²) in [6, 6.07) is 0. The lowest BCUT2D eigenvalue weighted by molar-refractivity contribution is -0.124. The Morgan fingerprint density at radius 2 is 1.31 bits per heavy atom. The molecule has 0 aromatic heterocycles. The molecule has 0 aliphatic heterocycles. The normalized spacial score (nSPS) is 28.8. The van der Waals surface area contributed by atoms with E-state index in [1.165, 1.54) is 0 Å². The van der Waals surface area contributed by atoms with Crippen LogP contribution in [0.3, 0.4) is 0 Å². The van der Waals surface area contributed by atoms with Crippen LogP contribution < -0.4 is 0 Å². The van der Waals surface area contributed by atoms with E-state index in [1.54, 1.807) is 0 Å². The number of carbonyl (C=O) groups is 1. The molecule has 2 unspecified atom stereocenters. The van der Waals surface area contributed by atoms with Gasteiger partial charge in [-0.1, -0.05) is 48.6 Å². The van der Waals surface area contributed by atoms with Crippen molar-refractivity contribution < 1.29 is 4.79 Å². The zero-order valence-electron chi connectivity index (χ0n) is 9.51. The monoisotopic (exact) mass is 214 g/mol. The Balaban J connectivity index is 2.01. The van der Waals surface area contributed by atoms with Crippen LogP contribution in [-0.2, 0) is 4.79 Å². The van der Waals surface area contributed by atoms with Crippen molar-refractivity contribution in [1.29, 1.82) is 0 Å². The maximum Gasteiger partial charge on any atom is 0.146 e. The van der Waals surface area contributed by atoms with E-state index < -0.39 is 0 Å². The molecule has 0 saturated carbocycles. The van der Waals surface area contributed by atoms with Gasteiger partial charge >= 0.3 is 0 Å². The summed E-state index contributed by atoms with van der Waals surface area (Å²) in [4.78, 5) is 12.3. The zero-order valence-corrected chi connectivity index (χ0v) is 9.51. The second-order valence-electron chi connectivity index (χ2n) is 4.40. The van der Waals surface area contributed by atoms with Gasteiger partial charge in [-0.05, 0) is 25.7 Å². The average molecular weight is 214 g/mol. The largest absolute Gasteiger partial charge is 0.298 e. The summed E-state index contributed by atoms with van der Waals surface area (Å²) in [5.74, 6) is 0.616. The maximum absolute atomic E-state index is 12.3. The molecule has 0 aromatic carbocycles. The quantitative estimate of drug-likeness (QED) is 0.686. The van der Waals surface area contributed by atoms with Crippen LogP contribution >= 0.6 is 0 Å². The molecule has 16 heavy (non-hydrogen) atoms. The topological polar surface area (TPSA) is 17.1 Å². The van der Waals surface area contributed by atoms with Crippen LogP contribution in [0, 0.1) is 11.8 Å². The van der Waals surface area contributed by atoms with Gasteiger partial charge in [0.25, 0.3) is 0 Å². The fourth-order valence-corrected chi connectivity index (χ4v) is 2.24.